The fourth-order valence-electron chi connectivity index (χ4n) is 4.22. The molecule has 0 radical (unpaired) electrons. The van der Waals surface area contributed by atoms with Gasteiger partial charge in [0, 0.05) is 22.6 Å². The van der Waals surface area contributed by atoms with E-state index in [2.05, 4.69) is 14.7 Å². The lowest BCUT2D eigenvalue weighted by Gasteiger charge is -2.15. The molecule has 0 spiro atoms. The molecular weight excluding hydrogens is 484 g/mol. The first-order chi connectivity index (χ1) is 16.1. The maximum absolute atomic E-state index is 15.5. The first-order valence-electron chi connectivity index (χ1n) is 10.3. The fourth-order valence-corrected chi connectivity index (χ4v) is 5.90. The predicted octanol–water partition coefficient (Wildman–Crippen LogP) is 4.56. The number of hydrogen-bond donors (Lipinski definition) is 3. The van der Waals surface area contributed by atoms with Crippen LogP contribution in [0.5, 0.6) is 0 Å². The van der Waals surface area contributed by atoms with E-state index in [9.17, 15) is 12.8 Å². The molecule has 5 N–H and O–H groups in total. The molecule has 0 aliphatic heterocycles. The van der Waals surface area contributed by atoms with Gasteiger partial charge >= 0.3 is 0 Å². The molecule has 174 valence electrons. The minimum absolute atomic E-state index is 0.0717. The van der Waals surface area contributed by atoms with Gasteiger partial charge in [-0.3, -0.25) is 4.72 Å². The highest BCUT2D eigenvalue weighted by atomic mass is 35.5. The minimum Gasteiger partial charge on any atom is -0.368 e. The highest BCUT2D eigenvalue weighted by Gasteiger charge is 2.29. The number of hydrogen-bond acceptors (Lipinski definition) is 6. The summed E-state index contributed by atoms with van der Waals surface area (Å²) in [4.78, 5) is 7.88. The molecule has 0 amide bonds. The third-order valence-corrected chi connectivity index (χ3v) is 7.48. The Hall–Kier alpha value is -3.34. The van der Waals surface area contributed by atoms with Crippen LogP contribution in [0.25, 0.3) is 22.0 Å². The Kier molecular flexibility index (Phi) is 5.38. The lowest BCUT2D eigenvalue weighted by molar-refractivity contribution is 0.587. The van der Waals surface area contributed by atoms with E-state index in [1.54, 1.807) is 12.1 Å². The Balaban J connectivity index is 1.58. The van der Waals surface area contributed by atoms with Gasteiger partial charge in [-0.15, -0.1) is 0 Å². The summed E-state index contributed by atoms with van der Waals surface area (Å²) < 4.78 is 58.9. The highest BCUT2D eigenvalue weighted by Crippen LogP contribution is 2.38. The second kappa shape index (κ2) is 8.15. The first kappa shape index (κ1) is 22.5. The van der Waals surface area contributed by atoms with Crippen LogP contribution in [0.4, 0.5) is 20.4 Å². The Morgan fingerprint density at radius 3 is 2.71 bits per heavy atom. The fraction of sp³-hybridized carbons (Fsp3) is 0.130. The zero-order chi connectivity index (χ0) is 24.2. The number of anilines is 2. The van der Waals surface area contributed by atoms with Crippen molar-refractivity contribution >= 4 is 44.2 Å². The van der Waals surface area contributed by atoms with E-state index < -0.39 is 32.9 Å². The van der Waals surface area contributed by atoms with Gasteiger partial charge in [0.15, 0.2) is 5.82 Å². The molecule has 1 aliphatic carbocycles. The second-order valence-corrected chi connectivity index (χ2v) is 10.1. The second-order valence-electron chi connectivity index (χ2n) is 8.01. The number of rotatable bonds is 4. The van der Waals surface area contributed by atoms with Gasteiger partial charge in [0.25, 0.3) is 10.0 Å². The topological polar surface area (TPSA) is 124 Å². The molecule has 5 rings (SSSR count). The molecule has 0 fully saturated rings. The van der Waals surface area contributed by atoms with E-state index >= 15 is 4.39 Å². The smallest absolute Gasteiger partial charge is 0.262 e. The van der Waals surface area contributed by atoms with E-state index in [0.717, 1.165) is 12.1 Å². The van der Waals surface area contributed by atoms with Gasteiger partial charge in [0.05, 0.1) is 21.7 Å². The zero-order valence-corrected chi connectivity index (χ0v) is 19.1. The summed E-state index contributed by atoms with van der Waals surface area (Å²) in [7, 11) is -4.24. The third-order valence-electron chi connectivity index (χ3n) is 5.83. The monoisotopic (exact) mass is 501 g/mol. The van der Waals surface area contributed by atoms with E-state index in [1.807, 2.05) is 0 Å². The van der Waals surface area contributed by atoms with E-state index in [1.165, 1.54) is 24.4 Å². The molecule has 1 aliphatic rings. The molecular formula is C23H18ClF2N5O2S. The van der Waals surface area contributed by atoms with Crippen LogP contribution >= 0.6 is 11.6 Å². The molecule has 1 aromatic heterocycles. The van der Waals surface area contributed by atoms with Gasteiger partial charge in [0.1, 0.15) is 5.82 Å². The van der Waals surface area contributed by atoms with Gasteiger partial charge in [0.2, 0.25) is 5.95 Å². The van der Waals surface area contributed by atoms with Crippen molar-refractivity contribution in [1.82, 2.24) is 9.97 Å². The molecule has 1 atom stereocenters. The molecule has 0 bridgehead atoms. The van der Waals surface area contributed by atoms with Crippen molar-refractivity contribution in [3.05, 3.63) is 76.4 Å². The average Bonchev–Trinajstić information content (AvgIpc) is 3.15. The van der Waals surface area contributed by atoms with Gasteiger partial charge in [-0.2, -0.15) is 0 Å². The van der Waals surface area contributed by atoms with Gasteiger partial charge in [-0.25, -0.2) is 27.2 Å². The Morgan fingerprint density at radius 1 is 1.12 bits per heavy atom. The normalized spacial score (nSPS) is 15.5. The molecule has 0 saturated heterocycles. The molecule has 3 aromatic carbocycles. The number of nitrogens with one attached hydrogen (secondary N) is 1. The summed E-state index contributed by atoms with van der Waals surface area (Å²) in [6, 6.07) is 9.17. The van der Waals surface area contributed by atoms with Crippen molar-refractivity contribution in [3.63, 3.8) is 0 Å². The van der Waals surface area contributed by atoms with E-state index in [0.29, 0.717) is 34.9 Å². The van der Waals surface area contributed by atoms with Crippen molar-refractivity contribution in [1.29, 1.82) is 0 Å². The summed E-state index contributed by atoms with van der Waals surface area (Å²) in [5.74, 6) is -1.84. The van der Waals surface area contributed by atoms with Crippen molar-refractivity contribution in [2.24, 2.45) is 5.73 Å². The van der Waals surface area contributed by atoms with Crippen LogP contribution in [0.15, 0.2) is 53.6 Å². The number of halogens is 3. The molecule has 4 aromatic rings. The van der Waals surface area contributed by atoms with Crippen LogP contribution in [-0.2, 0) is 16.4 Å². The summed E-state index contributed by atoms with van der Waals surface area (Å²) in [5.41, 5.74) is 12.7. The number of fused-ring (bicyclic) bond motifs is 2. The minimum atomic E-state index is -4.24. The summed E-state index contributed by atoms with van der Waals surface area (Å²) in [6.45, 7) is 0. The number of aromatic nitrogens is 2. The van der Waals surface area contributed by atoms with Crippen molar-refractivity contribution < 1.29 is 17.2 Å². The number of nitrogen functional groups attached to an aromatic ring is 1. The molecule has 1 unspecified atom stereocenters. The summed E-state index contributed by atoms with van der Waals surface area (Å²) >= 11 is 6.13. The van der Waals surface area contributed by atoms with Crippen LogP contribution in [0.3, 0.4) is 0 Å². The molecule has 1 heterocycles. The van der Waals surface area contributed by atoms with Crippen LogP contribution < -0.4 is 16.2 Å². The molecule has 7 nitrogen and oxygen atoms in total. The first-order valence-corrected chi connectivity index (χ1v) is 12.1. The molecule has 0 saturated carbocycles. The van der Waals surface area contributed by atoms with Crippen molar-refractivity contribution in [3.8, 4) is 11.1 Å². The summed E-state index contributed by atoms with van der Waals surface area (Å²) in [6.07, 6.45) is 2.46. The maximum atomic E-state index is 15.5. The lowest BCUT2D eigenvalue weighted by atomic mass is 10.0. The quantitative estimate of drug-likeness (QED) is 0.376. The number of nitrogens with zero attached hydrogens (tertiary/aromatic N) is 2. The highest BCUT2D eigenvalue weighted by molar-refractivity contribution is 7.92. The summed E-state index contributed by atoms with van der Waals surface area (Å²) in [5, 5.41) is 0.720. The Morgan fingerprint density at radius 2 is 1.91 bits per heavy atom. The lowest BCUT2D eigenvalue weighted by Crippen LogP contribution is -2.17. The van der Waals surface area contributed by atoms with Crippen LogP contribution in [-0.4, -0.2) is 18.4 Å². The van der Waals surface area contributed by atoms with Crippen molar-refractivity contribution in [2.75, 3.05) is 10.5 Å². The zero-order valence-electron chi connectivity index (χ0n) is 17.5. The van der Waals surface area contributed by atoms with Crippen LogP contribution in [0, 0.1) is 11.6 Å². The number of benzene rings is 3. The van der Waals surface area contributed by atoms with Crippen LogP contribution in [0.1, 0.15) is 23.6 Å². The number of sulfonamides is 1. The van der Waals surface area contributed by atoms with Crippen LogP contribution in [0.2, 0.25) is 5.02 Å². The predicted molar refractivity (Wildman–Crippen MR) is 127 cm³/mol. The van der Waals surface area contributed by atoms with E-state index in [4.69, 9.17) is 23.1 Å². The third kappa shape index (κ3) is 3.83. The van der Waals surface area contributed by atoms with Gasteiger partial charge < -0.3 is 11.5 Å². The largest absolute Gasteiger partial charge is 0.368 e. The number of nitrogens with two attached hydrogens (primary N) is 2. The molecule has 34 heavy (non-hydrogen) atoms. The standard InChI is InChI=1S/C23H18ClF2N5O2S/c24-13-8-15-14(2-4-17(15)27)20(9-13)34(32,33)31-19-6-3-16(25)21(22(19)26)11-1-5-18-12(7-11)10-29-23(28)30-18/h1,3,5-10,17,31H,2,4,27H2,(H2,28,29,30). The Bertz CT molecular complexity index is 1580. The Labute approximate surface area is 198 Å². The van der Waals surface area contributed by atoms with E-state index in [-0.39, 0.29) is 27.5 Å². The van der Waals surface area contributed by atoms with Gasteiger partial charge in [-0.05, 0) is 65.9 Å². The maximum Gasteiger partial charge on any atom is 0.262 e. The SMILES string of the molecule is Nc1ncc2cc(-c3c(F)ccc(NS(=O)(=O)c4cc(Cl)cc5c4CCC5N)c3F)ccc2n1. The van der Waals surface area contributed by atoms with Crippen molar-refractivity contribution in [2.45, 2.75) is 23.8 Å². The van der Waals surface area contributed by atoms with Gasteiger partial charge in [-0.1, -0.05) is 17.7 Å². The average molecular weight is 502 g/mol. The molecule has 11 heteroatoms.